The summed E-state index contributed by atoms with van der Waals surface area (Å²) in [5.74, 6) is -0.368. The van der Waals surface area contributed by atoms with Crippen molar-refractivity contribution in [2.75, 3.05) is 26.1 Å². The van der Waals surface area contributed by atoms with Crippen LogP contribution in [-0.2, 0) is 22.6 Å². The third-order valence-electron chi connectivity index (χ3n) is 3.76. The maximum atomic E-state index is 12.3. The number of alkyl halides is 3. The van der Waals surface area contributed by atoms with Gasteiger partial charge in [0.05, 0.1) is 19.0 Å². The van der Waals surface area contributed by atoms with Crippen molar-refractivity contribution < 1.29 is 32.2 Å². The first-order valence-electron chi connectivity index (χ1n) is 8.59. The fraction of sp³-hybridized carbons (Fsp3) is 0.389. The zero-order valence-electron chi connectivity index (χ0n) is 15.9. The lowest BCUT2D eigenvalue weighted by atomic mass is 10.1. The van der Waals surface area contributed by atoms with Gasteiger partial charge in [-0.05, 0) is 24.1 Å². The fourth-order valence-electron chi connectivity index (χ4n) is 2.37. The van der Waals surface area contributed by atoms with Crippen molar-refractivity contribution >= 4 is 17.5 Å². The monoisotopic (exact) mass is 414 g/mol. The number of ether oxygens (including phenoxy) is 2. The molecule has 0 unspecified atom stereocenters. The molecule has 2 rings (SSSR count). The number of carbonyl (C=O) groups excluding carboxylic acids is 2. The first-order chi connectivity index (χ1) is 13.7. The molecule has 0 saturated carbocycles. The minimum absolute atomic E-state index is 0.0263. The van der Waals surface area contributed by atoms with Crippen molar-refractivity contribution in [2.45, 2.75) is 25.6 Å². The normalized spacial score (nSPS) is 11.1. The highest BCUT2D eigenvalue weighted by atomic mass is 19.4. The summed E-state index contributed by atoms with van der Waals surface area (Å²) in [6.07, 6.45) is -1.02. The molecule has 0 fully saturated rings. The molecular formula is C18H21F3N4O4. The van der Waals surface area contributed by atoms with Crippen molar-refractivity contribution in [3.8, 4) is 11.5 Å². The van der Waals surface area contributed by atoms with E-state index in [-0.39, 0.29) is 36.3 Å². The SMILES string of the molecule is CNC(=O)Cn1cc(NC(=O)CCc2ccc(OCC(F)(F)F)c(OC)c2)cn1. The second kappa shape index (κ2) is 9.80. The average Bonchev–Trinajstić information content (AvgIpc) is 3.10. The largest absolute Gasteiger partial charge is 0.493 e. The van der Waals surface area contributed by atoms with Crippen molar-refractivity contribution in [3.63, 3.8) is 0 Å². The predicted molar refractivity (Wildman–Crippen MR) is 97.8 cm³/mol. The molecule has 1 aromatic carbocycles. The summed E-state index contributed by atoms with van der Waals surface area (Å²) in [4.78, 5) is 23.4. The number of anilines is 1. The number of aryl methyl sites for hydroxylation is 1. The average molecular weight is 414 g/mol. The van der Waals surface area contributed by atoms with Crippen molar-refractivity contribution in [1.29, 1.82) is 0 Å². The van der Waals surface area contributed by atoms with Gasteiger partial charge in [0.15, 0.2) is 18.1 Å². The summed E-state index contributed by atoms with van der Waals surface area (Å²) in [5, 5.41) is 9.11. The first-order valence-corrected chi connectivity index (χ1v) is 8.59. The number of nitrogens with one attached hydrogen (secondary N) is 2. The summed E-state index contributed by atoms with van der Waals surface area (Å²) >= 11 is 0. The number of likely N-dealkylation sites (N-methyl/N-ethyl adjacent to an activating group) is 1. The number of benzene rings is 1. The van der Waals surface area contributed by atoms with Crippen LogP contribution in [0.1, 0.15) is 12.0 Å². The van der Waals surface area contributed by atoms with Gasteiger partial charge in [0.1, 0.15) is 6.54 Å². The smallest absolute Gasteiger partial charge is 0.422 e. The highest BCUT2D eigenvalue weighted by Gasteiger charge is 2.29. The van der Waals surface area contributed by atoms with Crippen LogP contribution in [0.2, 0.25) is 0 Å². The van der Waals surface area contributed by atoms with Gasteiger partial charge in [-0.15, -0.1) is 0 Å². The Bertz CT molecular complexity index is 852. The Kier molecular flexibility index (Phi) is 7.46. The van der Waals surface area contributed by atoms with Crippen molar-refractivity contribution in [2.24, 2.45) is 0 Å². The molecule has 0 saturated heterocycles. The van der Waals surface area contributed by atoms with E-state index in [4.69, 9.17) is 9.47 Å². The van der Waals surface area contributed by atoms with E-state index in [0.29, 0.717) is 17.7 Å². The molecule has 0 spiro atoms. The van der Waals surface area contributed by atoms with Crippen LogP contribution in [0.15, 0.2) is 30.6 Å². The van der Waals surface area contributed by atoms with E-state index in [1.54, 1.807) is 6.07 Å². The van der Waals surface area contributed by atoms with E-state index in [1.807, 2.05) is 0 Å². The molecule has 2 aromatic rings. The molecule has 0 radical (unpaired) electrons. The highest BCUT2D eigenvalue weighted by Crippen LogP contribution is 2.30. The van der Waals surface area contributed by atoms with Gasteiger partial charge in [-0.3, -0.25) is 14.3 Å². The van der Waals surface area contributed by atoms with Crippen LogP contribution in [0.5, 0.6) is 11.5 Å². The summed E-state index contributed by atoms with van der Waals surface area (Å²) in [6, 6.07) is 4.48. The van der Waals surface area contributed by atoms with Gasteiger partial charge in [0, 0.05) is 19.7 Å². The second-order valence-electron chi connectivity index (χ2n) is 6.04. The molecule has 0 aliphatic carbocycles. The number of hydrogen-bond acceptors (Lipinski definition) is 5. The van der Waals surface area contributed by atoms with Crippen molar-refractivity contribution in [1.82, 2.24) is 15.1 Å². The van der Waals surface area contributed by atoms with Gasteiger partial charge in [0.25, 0.3) is 0 Å². The van der Waals surface area contributed by atoms with E-state index in [2.05, 4.69) is 15.7 Å². The van der Waals surface area contributed by atoms with Crippen LogP contribution in [0.3, 0.4) is 0 Å². The number of halogens is 3. The van der Waals surface area contributed by atoms with E-state index in [1.165, 1.54) is 43.4 Å². The van der Waals surface area contributed by atoms with E-state index in [9.17, 15) is 22.8 Å². The molecule has 0 aliphatic rings. The molecule has 8 nitrogen and oxygen atoms in total. The van der Waals surface area contributed by atoms with Gasteiger partial charge in [0.2, 0.25) is 11.8 Å². The number of rotatable bonds is 9. The number of aromatic nitrogens is 2. The molecule has 11 heteroatoms. The number of hydrogen-bond donors (Lipinski definition) is 2. The number of nitrogens with zero attached hydrogens (tertiary/aromatic N) is 2. The summed E-state index contributed by atoms with van der Waals surface area (Å²) in [6.45, 7) is -1.38. The zero-order valence-corrected chi connectivity index (χ0v) is 15.9. The predicted octanol–water partition coefficient (Wildman–Crippen LogP) is 2.15. The number of carbonyl (C=O) groups is 2. The van der Waals surface area contributed by atoms with Crippen LogP contribution < -0.4 is 20.1 Å². The van der Waals surface area contributed by atoms with E-state index in [0.717, 1.165) is 0 Å². The molecule has 2 N–H and O–H groups in total. The van der Waals surface area contributed by atoms with Gasteiger partial charge >= 0.3 is 6.18 Å². The number of methoxy groups -OCH3 is 1. The van der Waals surface area contributed by atoms with E-state index < -0.39 is 12.8 Å². The summed E-state index contributed by atoms with van der Waals surface area (Å²) in [5.41, 5.74) is 1.15. The fourth-order valence-corrected chi connectivity index (χ4v) is 2.37. The van der Waals surface area contributed by atoms with Crippen LogP contribution >= 0.6 is 0 Å². The Balaban J connectivity index is 1.88. The molecule has 29 heavy (non-hydrogen) atoms. The maximum Gasteiger partial charge on any atom is 0.422 e. The number of amides is 2. The molecule has 1 heterocycles. The van der Waals surface area contributed by atoms with E-state index >= 15 is 0 Å². The minimum atomic E-state index is -4.45. The summed E-state index contributed by atoms with van der Waals surface area (Å²) in [7, 11) is 2.83. The molecule has 0 atom stereocenters. The standard InChI is InChI=1S/C18H21F3N4O4/c1-22-17(27)10-25-9-13(8-23-25)24-16(26)6-4-12-3-5-14(15(7-12)28-2)29-11-18(19,20)21/h3,5,7-9H,4,6,10-11H2,1-2H3,(H,22,27)(H,24,26). The van der Waals surface area contributed by atoms with Gasteiger partial charge in [-0.2, -0.15) is 18.3 Å². The zero-order chi connectivity index (χ0) is 21.4. The third-order valence-corrected chi connectivity index (χ3v) is 3.76. The lowest BCUT2D eigenvalue weighted by Gasteiger charge is -2.13. The maximum absolute atomic E-state index is 12.3. The molecule has 158 valence electrons. The van der Waals surface area contributed by atoms with Crippen LogP contribution in [0.25, 0.3) is 0 Å². The summed E-state index contributed by atoms with van der Waals surface area (Å²) < 4.78 is 48.0. The molecule has 0 bridgehead atoms. The second-order valence-corrected chi connectivity index (χ2v) is 6.04. The van der Waals surface area contributed by atoms with Crippen LogP contribution in [-0.4, -0.2) is 48.5 Å². The quantitative estimate of drug-likeness (QED) is 0.656. The topological polar surface area (TPSA) is 94.5 Å². The Labute approximate surface area is 165 Å². The lowest BCUT2D eigenvalue weighted by molar-refractivity contribution is -0.153. The molecule has 0 aliphatic heterocycles. The Morgan fingerprint density at radius 1 is 1.21 bits per heavy atom. The molecular weight excluding hydrogens is 393 g/mol. The Morgan fingerprint density at radius 3 is 2.62 bits per heavy atom. The van der Waals surface area contributed by atoms with Crippen LogP contribution in [0, 0.1) is 0 Å². The van der Waals surface area contributed by atoms with Crippen LogP contribution in [0.4, 0.5) is 18.9 Å². The minimum Gasteiger partial charge on any atom is -0.493 e. The van der Waals surface area contributed by atoms with Crippen molar-refractivity contribution in [3.05, 3.63) is 36.2 Å². The molecule has 2 amide bonds. The third kappa shape index (κ3) is 7.35. The lowest BCUT2D eigenvalue weighted by Crippen LogP contribution is -2.23. The van der Waals surface area contributed by atoms with Gasteiger partial charge in [-0.1, -0.05) is 6.07 Å². The first kappa shape index (κ1) is 22.1. The van der Waals surface area contributed by atoms with Gasteiger partial charge < -0.3 is 20.1 Å². The van der Waals surface area contributed by atoms with Gasteiger partial charge in [-0.25, -0.2) is 0 Å². The highest BCUT2D eigenvalue weighted by molar-refractivity contribution is 5.90. The Morgan fingerprint density at radius 2 is 1.97 bits per heavy atom. The Hall–Kier alpha value is -3.24. The molecule has 1 aromatic heterocycles.